The summed E-state index contributed by atoms with van der Waals surface area (Å²) in [4.78, 5) is 14.5. The number of hydrogen-bond donors (Lipinski definition) is 1. The van der Waals surface area contributed by atoms with Gasteiger partial charge < -0.3 is 0 Å². The van der Waals surface area contributed by atoms with Gasteiger partial charge in [-0.3, -0.25) is 15.1 Å². The van der Waals surface area contributed by atoms with Crippen LogP contribution in [0.25, 0.3) is 0 Å². The van der Waals surface area contributed by atoms with E-state index < -0.39 is 13.6 Å². The molecule has 0 spiro atoms. The average Bonchev–Trinajstić information content (AvgIpc) is 2.46. The van der Waals surface area contributed by atoms with Gasteiger partial charge in [0.1, 0.15) is 8.68 Å². The van der Waals surface area contributed by atoms with E-state index in [1.165, 1.54) is 24.3 Å². The van der Waals surface area contributed by atoms with Crippen molar-refractivity contribution in [3.8, 4) is 0 Å². The second-order valence-corrected chi connectivity index (χ2v) is 7.08. The number of nitro benzene ring substituents is 1. The van der Waals surface area contributed by atoms with Crippen LogP contribution in [0, 0.1) is 10.1 Å². The number of aromatic nitrogens is 1. The molecule has 0 aliphatic carbocycles. The minimum absolute atomic E-state index is 0.139. The minimum atomic E-state index is -2.98. The summed E-state index contributed by atoms with van der Waals surface area (Å²) in [5.41, 5.74) is 0.551. The Bertz CT molecular complexity index is 718. The average molecular weight is 309 g/mol. The van der Waals surface area contributed by atoms with Gasteiger partial charge in [-0.05, 0) is 18.2 Å². The molecule has 1 aromatic heterocycles. The molecule has 1 atom stereocenters. The van der Waals surface area contributed by atoms with E-state index in [0.29, 0.717) is 5.69 Å². The van der Waals surface area contributed by atoms with Crippen molar-refractivity contribution < 1.29 is 9.13 Å². The van der Waals surface area contributed by atoms with Crippen molar-refractivity contribution in [1.82, 2.24) is 9.71 Å². The molecule has 0 fully saturated rings. The number of hydrogen-bond acceptors (Lipinski definition) is 5. The molecule has 104 valence electrons. The van der Waals surface area contributed by atoms with Crippen LogP contribution in [0.2, 0.25) is 0 Å². The highest BCUT2D eigenvalue weighted by Crippen LogP contribution is 2.17. The summed E-state index contributed by atoms with van der Waals surface area (Å²) in [5.74, 6) is 0. The van der Waals surface area contributed by atoms with Gasteiger partial charge in [-0.25, -0.2) is 8.93 Å². The molecule has 2 rings (SSSR count). The lowest BCUT2D eigenvalue weighted by Crippen LogP contribution is -2.22. The molecule has 6 nitrogen and oxygen atoms in total. The standard InChI is InChI=1S/C12H11N3O3S2/c16-15(17)11-5-3-6-12(8-11)20(18,19)14-9-10-4-1-2-7-13-10/h1-8,14H,9H2. The van der Waals surface area contributed by atoms with Crippen molar-refractivity contribution in [2.24, 2.45) is 0 Å². The van der Waals surface area contributed by atoms with Gasteiger partial charge in [-0.1, -0.05) is 12.1 Å². The van der Waals surface area contributed by atoms with E-state index in [2.05, 4.69) is 9.71 Å². The number of pyridine rings is 1. The van der Waals surface area contributed by atoms with Crippen LogP contribution in [-0.2, 0) is 26.4 Å². The maximum atomic E-state index is 12.4. The number of nitrogens with zero attached hydrogens (tertiary/aromatic N) is 2. The highest BCUT2D eigenvalue weighted by Gasteiger charge is 2.14. The quantitative estimate of drug-likeness (QED) is 0.672. The van der Waals surface area contributed by atoms with Crippen LogP contribution in [0.5, 0.6) is 0 Å². The highest BCUT2D eigenvalue weighted by molar-refractivity contribution is 8.31. The zero-order valence-electron chi connectivity index (χ0n) is 10.3. The fourth-order valence-corrected chi connectivity index (χ4v) is 3.05. The van der Waals surface area contributed by atoms with Crippen molar-refractivity contribution in [3.63, 3.8) is 0 Å². The Balaban J connectivity index is 2.18. The molecule has 8 heteroatoms. The fraction of sp³-hybridized carbons (Fsp3) is 0.0833. The molecule has 1 aromatic carbocycles. The molecule has 20 heavy (non-hydrogen) atoms. The van der Waals surface area contributed by atoms with E-state index in [-0.39, 0.29) is 17.1 Å². The van der Waals surface area contributed by atoms with Crippen molar-refractivity contribution in [2.75, 3.05) is 0 Å². The van der Waals surface area contributed by atoms with Crippen LogP contribution >= 0.6 is 0 Å². The van der Waals surface area contributed by atoms with Gasteiger partial charge in [0, 0.05) is 29.5 Å². The molecule has 2 aromatic rings. The Labute approximate surface area is 120 Å². The van der Waals surface area contributed by atoms with E-state index in [0.717, 1.165) is 0 Å². The first-order chi connectivity index (χ1) is 9.49. The lowest BCUT2D eigenvalue weighted by atomic mass is 10.3. The molecule has 1 heterocycles. The Morgan fingerprint density at radius 3 is 2.75 bits per heavy atom. The monoisotopic (exact) mass is 309 g/mol. The predicted molar refractivity (Wildman–Crippen MR) is 77.9 cm³/mol. The Hall–Kier alpha value is -1.90. The molecule has 0 radical (unpaired) electrons. The van der Waals surface area contributed by atoms with Crippen LogP contribution in [0.4, 0.5) is 5.69 Å². The van der Waals surface area contributed by atoms with Crippen molar-refractivity contribution in [3.05, 3.63) is 64.5 Å². The van der Waals surface area contributed by atoms with Gasteiger partial charge in [-0.15, -0.1) is 0 Å². The third-order valence-corrected chi connectivity index (χ3v) is 4.84. The second kappa shape index (κ2) is 6.04. The van der Waals surface area contributed by atoms with Gasteiger partial charge >= 0.3 is 0 Å². The summed E-state index contributed by atoms with van der Waals surface area (Å²) in [5, 5.41) is 10.7. The minimum Gasteiger partial charge on any atom is -0.260 e. The number of nitrogens with one attached hydrogen (secondary N) is 1. The summed E-state index contributed by atoms with van der Waals surface area (Å²) < 4.78 is 15.1. The lowest BCUT2D eigenvalue weighted by Gasteiger charge is -2.09. The van der Waals surface area contributed by atoms with Gasteiger partial charge in [0.05, 0.1) is 22.1 Å². The Morgan fingerprint density at radius 1 is 1.30 bits per heavy atom. The van der Waals surface area contributed by atoms with E-state index in [4.69, 9.17) is 11.2 Å². The number of nitro groups is 1. The van der Waals surface area contributed by atoms with Crippen LogP contribution in [0.15, 0.2) is 53.6 Å². The summed E-state index contributed by atoms with van der Waals surface area (Å²) in [6.45, 7) is 0.228. The molecule has 0 saturated carbocycles. The lowest BCUT2D eigenvalue weighted by molar-refractivity contribution is -0.385. The molecule has 1 unspecified atom stereocenters. The van der Waals surface area contributed by atoms with Crippen LogP contribution in [0.3, 0.4) is 0 Å². The highest BCUT2D eigenvalue weighted by atomic mass is 32.8. The van der Waals surface area contributed by atoms with Crippen molar-refractivity contribution in [1.29, 1.82) is 0 Å². The summed E-state index contributed by atoms with van der Waals surface area (Å²) in [7, 11) is -2.98. The number of benzene rings is 1. The molecule has 0 saturated heterocycles. The first kappa shape index (κ1) is 14.5. The van der Waals surface area contributed by atoms with Gasteiger partial charge in [0.15, 0.2) is 0 Å². The smallest absolute Gasteiger partial charge is 0.260 e. The molecular formula is C12H11N3O3S2. The summed E-state index contributed by atoms with van der Waals surface area (Å²) in [6, 6.07) is 10.9. The summed E-state index contributed by atoms with van der Waals surface area (Å²) >= 11 is 5.02. The molecule has 1 N–H and O–H groups in total. The van der Waals surface area contributed by atoms with E-state index in [1.807, 2.05) is 6.07 Å². The Morgan fingerprint density at radius 2 is 2.10 bits per heavy atom. The van der Waals surface area contributed by atoms with Gasteiger partial charge in [0.25, 0.3) is 5.69 Å². The normalized spacial score (nSPS) is 13.6. The molecule has 0 amide bonds. The molecule has 0 aliphatic heterocycles. The Kier molecular flexibility index (Phi) is 4.38. The van der Waals surface area contributed by atoms with Crippen molar-refractivity contribution in [2.45, 2.75) is 11.4 Å². The maximum absolute atomic E-state index is 12.4. The number of rotatable bonds is 5. The zero-order valence-corrected chi connectivity index (χ0v) is 11.9. The fourth-order valence-electron chi connectivity index (χ4n) is 1.52. The third-order valence-electron chi connectivity index (χ3n) is 2.51. The predicted octanol–water partition coefficient (Wildman–Crippen LogP) is 1.80. The van der Waals surface area contributed by atoms with Crippen LogP contribution in [-0.4, -0.2) is 14.1 Å². The summed E-state index contributed by atoms with van der Waals surface area (Å²) in [6.07, 6.45) is 1.62. The first-order valence-corrected chi connectivity index (χ1v) is 8.11. The van der Waals surface area contributed by atoms with Gasteiger partial charge in [-0.2, -0.15) is 0 Å². The third kappa shape index (κ3) is 3.56. The van der Waals surface area contributed by atoms with Crippen LogP contribution < -0.4 is 4.72 Å². The van der Waals surface area contributed by atoms with Crippen molar-refractivity contribution >= 4 is 25.6 Å². The largest absolute Gasteiger partial charge is 0.270 e. The second-order valence-electron chi connectivity index (χ2n) is 3.90. The van der Waals surface area contributed by atoms with E-state index in [9.17, 15) is 14.3 Å². The molecule has 0 aliphatic rings. The number of non-ortho nitro benzene ring substituents is 1. The van der Waals surface area contributed by atoms with E-state index >= 15 is 0 Å². The SMILES string of the molecule is O=[N+]([O-])c1cccc(S(=O)(=S)NCc2ccccn2)c1. The molecule has 0 bridgehead atoms. The first-order valence-electron chi connectivity index (χ1n) is 5.63. The van der Waals surface area contributed by atoms with E-state index in [1.54, 1.807) is 18.3 Å². The van der Waals surface area contributed by atoms with Gasteiger partial charge in [0.2, 0.25) is 0 Å². The van der Waals surface area contributed by atoms with Crippen LogP contribution in [0.1, 0.15) is 5.69 Å². The zero-order chi connectivity index (χ0) is 14.6. The maximum Gasteiger partial charge on any atom is 0.270 e. The molecular weight excluding hydrogens is 298 g/mol. The topological polar surface area (TPSA) is 85.1 Å².